The maximum absolute atomic E-state index is 13.2. The molecule has 0 spiro atoms. The van der Waals surface area contributed by atoms with Crippen molar-refractivity contribution < 1.29 is 31.4 Å². The van der Waals surface area contributed by atoms with Crippen molar-refractivity contribution in [1.82, 2.24) is 4.98 Å². The lowest BCUT2D eigenvalue weighted by molar-refractivity contribution is -0.233. The van der Waals surface area contributed by atoms with Crippen LogP contribution in [-0.4, -0.2) is 28.1 Å². The Morgan fingerprint density at radius 1 is 1.08 bits per heavy atom. The van der Waals surface area contributed by atoms with Gasteiger partial charge in [-0.1, -0.05) is 19.9 Å². The molecule has 0 radical (unpaired) electrons. The summed E-state index contributed by atoms with van der Waals surface area (Å²) in [7, 11) is 0. The molecular weight excluding hydrogens is 362 g/mol. The van der Waals surface area contributed by atoms with Gasteiger partial charge in [0, 0.05) is 11.6 Å². The molecule has 1 N–H and O–H groups in total. The Balaban J connectivity index is 2.48. The first-order valence-electron chi connectivity index (χ1n) is 7.65. The van der Waals surface area contributed by atoms with Gasteiger partial charge in [0.15, 0.2) is 5.60 Å². The zero-order valence-electron chi connectivity index (χ0n) is 13.9. The van der Waals surface area contributed by atoms with E-state index in [9.17, 15) is 31.4 Å². The minimum absolute atomic E-state index is 0.0184. The molecule has 1 aromatic heterocycles. The average molecular weight is 378 g/mol. The molecule has 0 aliphatic heterocycles. The van der Waals surface area contributed by atoms with Crippen molar-refractivity contribution >= 4 is 22.8 Å². The molecule has 0 aliphatic rings. The van der Waals surface area contributed by atoms with E-state index in [0.29, 0.717) is 6.21 Å². The van der Waals surface area contributed by atoms with E-state index in [1.165, 1.54) is 32.0 Å². The Morgan fingerprint density at radius 2 is 1.73 bits per heavy atom. The van der Waals surface area contributed by atoms with E-state index in [1.54, 1.807) is 0 Å². The van der Waals surface area contributed by atoms with Crippen LogP contribution in [-0.2, 0) is 6.18 Å². The van der Waals surface area contributed by atoms with Gasteiger partial charge in [0.25, 0.3) is 0 Å². The number of hydrogen-bond donors (Lipinski definition) is 1. The van der Waals surface area contributed by atoms with Crippen LogP contribution in [0.2, 0.25) is 0 Å². The maximum atomic E-state index is 13.2. The zero-order chi connectivity index (χ0) is 19.8. The fourth-order valence-electron chi connectivity index (χ4n) is 2.45. The molecule has 1 atom stereocenters. The van der Waals surface area contributed by atoms with Gasteiger partial charge in [0.05, 0.1) is 11.2 Å². The third-order valence-corrected chi connectivity index (χ3v) is 3.63. The number of aliphatic hydroxyl groups is 1. The summed E-state index contributed by atoms with van der Waals surface area (Å²) < 4.78 is 77.7. The number of aromatic nitrogens is 1. The lowest BCUT2D eigenvalue weighted by Gasteiger charge is -2.28. The fourth-order valence-corrected chi connectivity index (χ4v) is 2.45. The highest BCUT2D eigenvalue weighted by Gasteiger charge is 2.52. The van der Waals surface area contributed by atoms with Crippen molar-refractivity contribution in [3.63, 3.8) is 0 Å². The molecule has 0 amide bonds. The highest BCUT2D eigenvalue weighted by Crippen LogP contribution is 2.36. The number of aliphatic imine (C=N–C) groups is 1. The van der Waals surface area contributed by atoms with E-state index < -0.39 is 36.0 Å². The van der Waals surface area contributed by atoms with Crippen molar-refractivity contribution in [2.45, 2.75) is 38.2 Å². The number of hydrogen-bond acceptors (Lipinski definition) is 3. The second kappa shape index (κ2) is 6.86. The van der Waals surface area contributed by atoms with Crippen LogP contribution >= 0.6 is 0 Å². The summed E-state index contributed by atoms with van der Waals surface area (Å²) in [6.45, 7) is 3.04. The molecule has 0 bridgehead atoms. The molecule has 1 aromatic carbocycles. The summed E-state index contributed by atoms with van der Waals surface area (Å²) in [5.41, 5.74) is -4.33. The Kier molecular flexibility index (Phi) is 5.32. The largest absolute Gasteiger partial charge is 0.433 e. The minimum Gasteiger partial charge on any atom is -0.376 e. The van der Waals surface area contributed by atoms with Gasteiger partial charge in [-0.25, -0.2) is 4.98 Å². The predicted octanol–water partition coefficient (Wildman–Crippen LogP) is 5.30. The van der Waals surface area contributed by atoms with Crippen LogP contribution in [0.3, 0.4) is 0 Å². The van der Waals surface area contributed by atoms with Crippen LogP contribution in [0.15, 0.2) is 35.3 Å². The molecule has 142 valence electrons. The molecule has 2 aromatic rings. The van der Waals surface area contributed by atoms with Crippen LogP contribution in [0.4, 0.5) is 32.0 Å². The molecule has 2 rings (SSSR count). The summed E-state index contributed by atoms with van der Waals surface area (Å²) in [4.78, 5) is 7.17. The lowest BCUT2D eigenvalue weighted by Crippen LogP contribution is -2.47. The van der Waals surface area contributed by atoms with Gasteiger partial charge in [0.1, 0.15) is 5.69 Å². The molecule has 0 saturated heterocycles. The van der Waals surface area contributed by atoms with Crippen molar-refractivity contribution in [3.8, 4) is 0 Å². The minimum atomic E-state index is -4.94. The maximum Gasteiger partial charge on any atom is 0.433 e. The van der Waals surface area contributed by atoms with E-state index in [4.69, 9.17) is 0 Å². The molecular formula is C17H16F6N2O. The monoisotopic (exact) mass is 378 g/mol. The summed E-state index contributed by atoms with van der Waals surface area (Å²) in [5.74, 6) is -0.461. The highest BCUT2D eigenvalue weighted by atomic mass is 19.4. The normalized spacial score (nSPS) is 15.8. The number of nitrogens with zero attached hydrogens (tertiary/aromatic N) is 2. The van der Waals surface area contributed by atoms with Gasteiger partial charge >= 0.3 is 12.4 Å². The predicted molar refractivity (Wildman–Crippen MR) is 85.4 cm³/mol. The number of benzene rings is 1. The second-order valence-electron chi connectivity index (χ2n) is 6.32. The van der Waals surface area contributed by atoms with Gasteiger partial charge in [0.2, 0.25) is 0 Å². The lowest BCUT2D eigenvalue weighted by atomic mass is 9.93. The van der Waals surface area contributed by atoms with Crippen LogP contribution in [0.5, 0.6) is 0 Å². The first-order valence-corrected chi connectivity index (χ1v) is 7.65. The summed E-state index contributed by atoms with van der Waals surface area (Å²) in [5, 5.41) is 10.1. The average Bonchev–Trinajstić information content (AvgIpc) is 2.49. The molecule has 3 nitrogen and oxygen atoms in total. The summed E-state index contributed by atoms with van der Waals surface area (Å²) in [6.07, 6.45) is -9.78. The van der Waals surface area contributed by atoms with E-state index in [-0.39, 0.29) is 16.6 Å². The van der Waals surface area contributed by atoms with Crippen molar-refractivity contribution in [2.24, 2.45) is 10.9 Å². The zero-order valence-corrected chi connectivity index (χ0v) is 13.9. The number of rotatable bonds is 4. The SMILES string of the molecule is CC(C)CC(O)(C=Nc1cccc2nc(C(F)(F)F)ccc12)C(F)(F)F. The van der Waals surface area contributed by atoms with Gasteiger partial charge < -0.3 is 5.11 Å². The molecule has 0 saturated carbocycles. The first-order chi connectivity index (χ1) is 11.8. The van der Waals surface area contributed by atoms with E-state index >= 15 is 0 Å². The van der Waals surface area contributed by atoms with E-state index in [1.807, 2.05) is 0 Å². The van der Waals surface area contributed by atoms with E-state index in [0.717, 1.165) is 12.1 Å². The first kappa shape index (κ1) is 20.2. The topological polar surface area (TPSA) is 45.5 Å². The Hall–Kier alpha value is -2.16. The third-order valence-electron chi connectivity index (χ3n) is 3.63. The molecule has 0 fully saturated rings. The van der Waals surface area contributed by atoms with Gasteiger partial charge in [-0.3, -0.25) is 4.99 Å². The Labute approximate surface area is 145 Å². The number of alkyl halides is 6. The number of pyridine rings is 1. The number of fused-ring (bicyclic) bond motifs is 1. The van der Waals surface area contributed by atoms with Gasteiger partial charge in [-0.2, -0.15) is 26.3 Å². The van der Waals surface area contributed by atoms with E-state index in [2.05, 4.69) is 9.98 Å². The van der Waals surface area contributed by atoms with Gasteiger partial charge in [-0.05, 0) is 36.6 Å². The smallest absolute Gasteiger partial charge is 0.376 e. The molecule has 9 heteroatoms. The molecule has 26 heavy (non-hydrogen) atoms. The van der Waals surface area contributed by atoms with Crippen LogP contribution in [0, 0.1) is 5.92 Å². The van der Waals surface area contributed by atoms with Crippen molar-refractivity contribution in [1.29, 1.82) is 0 Å². The Bertz CT molecular complexity index is 813. The van der Waals surface area contributed by atoms with Crippen LogP contribution in [0.1, 0.15) is 26.0 Å². The van der Waals surface area contributed by atoms with Crippen molar-refractivity contribution in [3.05, 3.63) is 36.0 Å². The van der Waals surface area contributed by atoms with Crippen molar-refractivity contribution in [2.75, 3.05) is 0 Å². The van der Waals surface area contributed by atoms with Crippen LogP contribution in [0.25, 0.3) is 10.9 Å². The third kappa shape index (κ3) is 4.32. The Morgan fingerprint density at radius 3 is 2.27 bits per heavy atom. The molecule has 0 aliphatic carbocycles. The summed E-state index contributed by atoms with van der Waals surface area (Å²) >= 11 is 0. The van der Waals surface area contributed by atoms with Crippen LogP contribution < -0.4 is 0 Å². The highest BCUT2D eigenvalue weighted by molar-refractivity contribution is 5.92. The van der Waals surface area contributed by atoms with Gasteiger partial charge in [-0.15, -0.1) is 0 Å². The quantitative estimate of drug-likeness (QED) is 0.580. The fraction of sp³-hybridized carbons (Fsp3) is 0.412. The standard InChI is InChI=1S/C17H16F6N2O/c1-10(2)8-15(26,17(21,22)23)9-24-12-4-3-5-13-11(12)6-7-14(25-13)16(18,19)20/h3-7,9-10,26H,8H2,1-2H3. The molecule has 1 heterocycles. The summed E-state index contributed by atoms with van der Waals surface area (Å²) in [6, 6.07) is 5.78. The molecule has 1 unspecified atom stereocenters. The number of halogens is 6. The second-order valence-corrected chi connectivity index (χ2v) is 6.32.